The summed E-state index contributed by atoms with van der Waals surface area (Å²) in [6, 6.07) is 0. The predicted octanol–water partition coefficient (Wildman–Crippen LogP) is 2.05. The molecule has 78 valence electrons. The van der Waals surface area contributed by atoms with Gasteiger partial charge >= 0.3 is 0 Å². The molecule has 0 fully saturated rings. The molecule has 4 heteroatoms. The third kappa shape index (κ3) is 1.75. The normalized spacial score (nSPS) is 15.5. The van der Waals surface area contributed by atoms with Crippen molar-refractivity contribution in [3.8, 4) is 0 Å². The molecule has 0 bridgehead atoms. The molecule has 0 atom stereocenters. The van der Waals surface area contributed by atoms with Crippen molar-refractivity contribution in [2.75, 3.05) is 11.5 Å². The quantitative estimate of drug-likeness (QED) is 0.832. The minimum atomic E-state index is 0.903. The summed E-state index contributed by atoms with van der Waals surface area (Å²) in [6.07, 6.45) is 3.44. The molecule has 0 unspecified atom stereocenters. The molecule has 0 amide bonds. The van der Waals surface area contributed by atoms with E-state index in [0.29, 0.717) is 0 Å². The van der Waals surface area contributed by atoms with Gasteiger partial charge in [0.05, 0.1) is 5.69 Å². The first-order chi connectivity index (χ1) is 6.83. The smallest absolute Gasteiger partial charge is 0.126 e. The molecule has 0 saturated heterocycles. The van der Waals surface area contributed by atoms with Crippen LogP contribution in [0.1, 0.15) is 31.0 Å². The summed E-state index contributed by atoms with van der Waals surface area (Å²) in [4.78, 5) is 0. The van der Waals surface area contributed by atoms with E-state index in [0.717, 1.165) is 31.0 Å². The molecule has 0 aromatic carbocycles. The second kappa shape index (κ2) is 4.26. The van der Waals surface area contributed by atoms with Crippen LogP contribution in [0, 0.1) is 0 Å². The highest BCUT2D eigenvalue weighted by atomic mass is 32.2. The lowest BCUT2D eigenvalue weighted by Crippen LogP contribution is -2.05. The first-order valence-corrected chi connectivity index (χ1v) is 6.40. The number of nitrogens with two attached hydrogens (primary N) is 1. The molecule has 1 aromatic rings. The van der Waals surface area contributed by atoms with Crippen molar-refractivity contribution in [3.05, 3.63) is 11.3 Å². The van der Waals surface area contributed by atoms with Crippen molar-refractivity contribution in [2.45, 2.75) is 38.5 Å². The van der Waals surface area contributed by atoms with E-state index in [2.05, 4.69) is 12.0 Å². The second-order valence-electron chi connectivity index (χ2n) is 3.69. The van der Waals surface area contributed by atoms with E-state index in [-0.39, 0.29) is 0 Å². The first-order valence-electron chi connectivity index (χ1n) is 5.24. The molecule has 0 radical (unpaired) electrons. The van der Waals surface area contributed by atoms with Crippen LogP contribution in [0.5, 0.6) is 0 Å². The zero-order valence-electron chi connectivity index (χ0n) is 8.62. The Hall–Kier alpha value is -0.640. The van der Waals surface area contributed by atoms with Crippen molar-refractivity contribution in [1.29, 1.82) is 0 Å². The Labute approximate surface area is 89.1 Å². The van der Waals surface area contributed by atoms with Crippen molar-refractivity contribution in [1.82, 2.24) is 9.78 Å². The number of fused-ring (bicyclic) bond motifs is 1. The number of aromatic nitrogens is 2. The molecule has 1 aromatic heterocycles. The fourth-order valence-electron chi connectivity index (χ4n) is 1.74. The number of unbranched alkanes of at least 4 members (excludes halogenated alkanes) is 1. The van der Waals surface area contributed by atoms with Crippen LogP contribution in [0.2, 0.25) is 0 Å². The van der Waals surface area contributed by atoms with E-state index < -0.39 is 0 Å². The predicted molar refractivity (Wildman–Crippen MR) is 61.4 cm³/mol. The van der Waals surface area contributed by atoms with Crippen molar-refractivity contribution in [3.63, 3.8) is 0 Å². The molecule has 2 rings (SSSR count). The fourth-order valence-corrected chi connectivity index (χ4v) is 2.74. The van der Waals surface area contributed by atoms with Gasteiger partial charge in [-0.2, -0.15) is 16.9 Å². The third-order valence-electron chi connectivity index (χ3n) is 2.63. The average Bonchev–Trinajstić information content (AvgIpc) is 2.54. The summed E-state index contributed by atoms with van der Waals surface area (Å²) in [7, 11) is 0. The average molecular weight is 211 g/mol. The minimum Gasteiger partial charge on any atom is -0.384 e. The number of hydrogen-bond donors (Lipinski definition) is 1. The van der Waals surface area contributed by atoms with Gasteiger partial charge in [0.1, 0.15) is 5.82 Å². The molecular formula is C10H17N3S. The highest BCUT2D eigenvalue weighted by Gasteiger charge is 2.18. The molecule has 0 spiro atoms. The molecule has 1 aliphatic rings. The van der Waals surface area contributed by atoms with Crippen LogP contribution in [0.25, 0.3) is 0 Å². The van der Waals surface area contributed by atoms with Crippen LogP contribution >= 0.6 is 11.8 Å². The number of thioether (sulfide) groups is 1. The fraction of sp³-hybridized carbons (Fsp3) is 0.700. The number of hydrogen-bond acceptors (Lipinski definition) is 3. The van der Waals surface area contributed by atoms with E-state index in [1.807, 2.05) is 16.4 Å². The summed E-state index contributed by atoms with van der Waals surface area (Å²) in [6.45, 7) is 3.16. The molecule has 2 N–H and O–H groups in total. The van der Waals surface area contributed by atoms with Crippen LogP contribution in [-0.4, -0.2) is 15.5 Å². The Balaban J connectivity index is 2.20. The third-order valence-corrected chi connectivity index (χ3v) is 3.62. The SMILES string of the molecule is CCCCn1nc2c(c1N)CSCC2. The van der Waals surface area contributed by atoms with Gasteiger partial charge in [0, 0.05) is 24.3 Å². The first kappa shape index (κ1) is 9.90. The van der Waals surface area contributed by atoms with Gasteiger partial charge in [0.15, 0.2) is 0 Å². The number of nitrogen functional groups attached to an aromatic ring is 1. The molecule has 2 heterocycles. The Bertz CT molecular complexity index is 319. The lowest BCUT2D eigenvalue weighted by Gasteiger charge is -2.08. The van der Waals surface area contributed by atoms with Gasteiger partial charge in [-0.25, -0.2) is 4.68 Å². The topological polar surface area (TPSA) is 43.8 Å². The monoisotopic (exact) mass is 211 g/mol. The van der Waals surface area contributed by atoms with Crippen LogP contribution in [-0.2, 0) is 18.7 Å². The van der Waals surface area contributed by atoms with E-state index in [1.54, 1.807) is 0 Å². The van der Waals surface area contributed by atoms with Crippen molar-refractivity contribution >= 4 is 17.6 Å². The lowest BCUT2D eigenvalue weighted by atomic mass is 10.2. The largest absolute Gasteiger partial charge is 0.384 e. The van der Waals surface area contributed by atoms with Gasteiger partial charge in [-0.05, 0) is 12.2 Å². The number of rotatable bonds is 3. The molecular weight excluding hydrogens is 194 g/mol. The van der Waals surface area contributed by atoms with E-state index in [4.69, 9.17) is 5.73 Å². The summed E-state index contributed by atoms with van der Waals surface area (Å²) in [5.41, 5.74) is 8.57. The summed E-state index contributed by atoms with van der Waals surface area (Å²) >= 11 is 1.96. The number of anilines is 1. The Morgan fingerprint density at radius 2 is 2.43 bits per heavy atom. The van der Waals surface area contributed by atoms with Gasteiger partial charge in [0.25, 0.3) is 0 Å². The zero-order chi connectivity index (χ0) is 9.97. The van der Waals surface area contributed by atoms with Crippen LogP contribution in [0.15, 0.2) is 0 Å². The molecule has 3 nitrogen and oxygen atoms in total. The standard InChI is InChI=1S/C10H17N3S/c1-2-3-5-13-10(11)8-7-14-6-4-9(8)12-13/h2-7,11H2,1H3. The number of aryl methyl sites for hydroxylation is 2. The van der Waals surface area contributed by atoms with Crippen LogP contribution in [0.3, 0.4) is 0 Å². The lowest BCUT2D eigenvalue weighted by molar-refractivity contribution is 0.573. The molecule has 0 saturated carbocycles. The van der Waals surface area contributed by atoms with Gasteiger partial charge < -0.3 is 5.73 Å². The maximum Gasteiger partial charge on any atom is 0.126 e. The Morgan fingerprint density at radius 3 is 3.14 bits per heavy atom. The maximum absolute atomic E-state index is 6.05. The van der Waals surface area contributed by atoms with Gasteiger partial charge in [-0.3, -0.25) is 0 Å². The Kier molecular flexibility index (Phi) is 3.01. The van der Waals surface area contributed by atoms with Gasteiger partial charge in [0.2, 0.25) is 0 Å². The van der Waals surface area contributed by atoms with E-state index in [9.17, 15) is 0 Å². The highest BCUT2D eigenvalue weighted by Crippen LogP contribution is 2.28. The van der Waals surface area contributed by atoms with Crippen LogP contribution < -0.4 is 5.73 Å². The summed E-state index contributed by atoms with van der Waals surface area (Å²) < 4.78 is 1.99. The van der Waals surface area contributed by atoms with Crippen molar-refractivity contribution < 1.29 is 0 Å². The summed E-state index contributed by atoms with van der Waals surface area (Å²) in [5, 5.41) is 4.57. The summed E-state index contributed by atoms with van der Waals surface area (Å²) in [5.74, 6) is 3.14. The second-order valence-corrected chi connectivity index (χ2v) is 4.79. The molecule has 14 heavy (non-hydrogen) atoms. The number of nitrogens with zero attached hydrogens (tertiary/aromatic N) is 2. The van der Waals surface area contributed by atoms with Gasteiger partial charge in [-0.15, -0.1) is 0 Å². The maximum atomic E-state index is 6.05. The van der Waals surface area contributed by atoms with E-state index in [1.165, 1.54) is 23.4 Å². The Morgan fingerprint density at radius 1 is 1.57 bits per heavy atom. The highest BCUT2D eigenvalue weighted by molar-refractivity contribution is 7.98. The zero-order valence-corrected chi connectivity index (χ0v) is 9.44. The van der Waals surface area contributed by atoms with Crippen LogP contribution in [0.4, 0.5) is 5.82 Å². The minimum absolute atomic E-state index is 0.903. The van der Waals surface area contributed by atoms with E-state index >= 15 is 0 Å². The van der Waals surface area contributed by atoms with Crippen molar-refractivity contribution in [2.24, 2.45) is 0 Å². The van der Waals surface area contributed by atoms with Gasteiger partial charge in [-0.1, -0.05) is 13.3 Å². The molecule has 1 aliphatic heterocycles. The molecule has 0 aliphatic carbocycles.